The van der Waals surface area contributed by atoms with Crippen LogP contribution in [0, 0.1) is 0 Å². The van der Waals surface area contributed by atoms with Gasteiger partial charge in [0, 0.05) is 52.1 Å². The maximum Gasteiger partial charge on any atom is 0.276 e. The highest BCUT2D eigenvalue weighted by Crippen LogP contribution is 2.18. The molecule has 0 unspecified atom stereocenters. The summed E-state index contributed by atoms with van der Waals surface area (Å²) >= 11 is 0. The molecular formula is C22H26N6O2. The molecule has 0 bridgehead atoms. The number of nitrogens with zero attached hydrogens (tertiary/aromatic N) is 5. The molecule has 1 saturated heterocycles. The zero-order valence-corrected chi connectivity index (χ0v) is 17.1. The molecule has 8 nitrogen and oxygen atoms in total. The fourth-order valence-corrected chi connectivity index (χ4v) is 3.44. The van der Waals surface area contributed by atoms with Gasteiger partial charge in [-0.25, -0.2) is 0 Å². The van der Waals surface area contributed by atoms with E-state index in [4.69, 9.17) is 9.26 Å². The van der Waals surface area contributed by atoms with E-state index in [9.17, 15) is 0 Å². The molecule has 30 heavy (non-hydrogen) atoms. The zero-order chi connectivity index (χ0) is 20.6. The quantitative estimate of drug-likeness (QED) is 0.497. The molecule has 0 amide bonds. The van der Waals surface area contributed by atoms with E-state index >= 15 is 0 Å². The van der Waals surface area contributed by atoms with Gasteiger partial charge in [0.05, 0.1) is 0 Å². The molecule has 0 radical (unpaired) electrons. The molecule has 2 aromatic heterocycles. The molecule has 3 heterocycles. The normalized spacial score (nSPS) is 15.2. The molecule has 0 atom stereocenters. The van der Waals surface area contributed by atoms with Gasteiger partial charge in [0.15, 0.2) is 11.8 Å². The number of hydrogen-bond donors (Lipinski definition) is 1. The predicted octanol–water partition coefficient (Wildman–Crippen LogP) is 2.79. The second-order valence-electron chi connectivity index (χ2n) is 7.07. The largest absolute Gasteiger partial charge is 0.490 e. The molecule has 156 valence electrons. The third-order valence-electron chi connectivity index (χ3n) is 4.98. The van der Waals surface area contributed by atoms with Gasteiger partial charge in [-0.1, -0.05) is 29.4 Å². The second kappa shape index (κ2) is 9.87. The number of hydrogen-bond acceptors (Lipinski definition) is 6. The summed E-state index contributed by atoms with van der Waals surface area (Å²) in [7, 11) is 1.81. The van der Waals surface area contributed by atoms with Crippen molar-refractivity contribution >= 4 is 5.96 Å². The number of rotatable bonds is 6. The van der Waals surface area contributed by atoms with Gasteiger partial charge >= 0.3 is 0 Å². The van der Waals surface area contributed by atoms with E-state index in [1.807, 2.05) is 55.6 Å². The van der Waals surface area contributed by atoms with Gasteiger partial charge in [-0.3, -0.25) is 9.98 Å². The van der Waals surface area contributed by atoms with Crippen molar-refractivity contribution in [2.24, 2.45) is 4.99 Å². The Labute approximate surface area is 176 Å². The highest BCUT2D eigenvalue weighted by Gasteiger charge is 2.22. The first-order valence-electron chi connectivity index (χ1n) is 10.2. The second-order valence-corrected chi connectivity index (χ2v) is 7.07. The van der Waals surface area contributed by atoms with E-state index in [0.29, 0.717) is 30.4 Å². The molecule has 4 rings (SSSR count). The van der Waals surface area contributed by atoms with Gasteiger partial charge in [-0.15, -0.1) is 0 Å². The molecule has 0 spiro atoms. The Balaban J connectivity index is 1.22. The summed E-state index contributed by atoms with van der Waals surface area (Å²) < 4.78 is 11.4. The average Bonchev–Trinajstić information content (AvgIpc) is 3.28. The van der Waals surface area contributed by atoms with E-state index < -0.39 is 0 Å². The van der Waals surface area contributed by atoms with E-state index in [-0.39, 0.29) is 6.10 Å². The molecule has 1 N–H and O–H groups in total. The number of nitrogens with one attached hydrogen (secondary N) is 1. The van der Waals surface area contributed by atoms with Crippen LogP contribution in [-0.4, -0.2) is 58.8 Å². The molecule has 8 heteroatoms. The number of para-hydroxylation sites is 1. The van der Waals surface area contributed by atoms with Crippen molar-refractivity contribution in [2.45, 2.75) is 25.4 Å². The van der Waals surface area contributed by atoms with Crippen LogP contribution in [0.1, 0.15) is 18.7 Å². The summed E-state index contributed by atoms with van der Waals surface area (Å²) in [6, 6.07) is 15.6. The number of benzene rings is 1. The van der Waals surface area contributed by atoms with Gasteiger partial charge in [0.1, 0.15) is 17.5 Å². The minimum atomic E-state index is 0.242. The summed E-state index contributed by atoms with van der Waals surface area (Å²) in [4.78, 5) is 15.3. The van der Waals surface area contributed by atoms with Crippen molar-refractivity contribution in [1.82, 2.24) is 25.3 Å². The lowest BCUT2D eigenvalue weighted by Gasteiger charge is -2.34. The Morgan fingerprint density at radius 2 is 1.97 bits per heavy atom. The Morgan fingerprint density at radius 1 is 1.17 bits per heavy atom. The SMILES string of the molecule is CN=C(NCCc1noc(-c2ccccn2)n1)N1CCC(Oc2ccccc2)CC1. The van der Waals surface area contributed by atoms with Crippen LogP contribution in [0.3, 0.4) is 0 Å². The number of guanidine groups is 1. The number of aromatic nitrogens is 3. The third kappa shape index (κ3) is 5.14. The van der Waals surface area contributed by atoms with Crippen molar-refractivity contribution < 1.29 is 9.26 Å². The highest BCUT2D eigenvalue weighted by molar-refractivity contribution is 5.79. The summed E-state index contributed by atoms with van der Waals surface area (Å²) in [6.07, 6.45) is 4.52. The molecule has 0 saturated carbocycles. The van der Waals surface area contributed by atoms with Crippen molar-refractivity contribution in [2.75, 3.05) is 26.7 Å². The Kier molecular flexibility index (Phi) is 6.54. The highest BCUT2D eigenvalue weighted by atomic mass is 16.5. The van der Waals surface area contributed by atoms with Crippen molar-refractivity contribution in [1.29, 1.82) is 0 Å². The summed E-state index contributed by atoms with van der Waals surface area (Å²) in [5.74, 6) is 2.91. The first kappa shape index (κ1) is 19.9. The number of pyridine rings is 1. The lowest BCUT2D eigenvalue weighted by Crippen LogP contribution is -2.47. The lowest BCUT2D eigenvalue weighted by atomic mass is 10.1. The maximum atomic E-state index is 6.08. The average molecular weight is 406 g/mol. The maximum absolute atomic E-state index is 6.08. The standard InChI is InChI=1S/C22H26N6O2/c1-23-22(28-15-11-18(12-16-28)29-17-7-3-2-4-8-17)25-14-10-20-26-21(30-27-20)19-9-5-6-13-24-19/h2-9,13,18H,10-12,14-16H2,1H3,(H,23,25). The van der Waals surface area contributed by atoms with Crippen LogP contribution < -0.4 is 10.1 Å². The minimum absolute atomic E-state index is 0.242. The Hall–Kier alpha value is -3.42. The summed E-state index contributed by atoms with van der Waals surface area (Å²) in [5.41, 5.74) is 0.681. The Morgan fingerprint density at radius 3 is 2.70 bits per heavy atom. The third-order valence-corrected chi connectivity index (χ3v) is 4.98. The first-order chi connectivity index (χ1) is 14.8. The zero-order valence-electron chi connectivity index (χ0n) is 17.1. The van der Waals surface area contributed by atoms with Gasteiger partial charge in [0.25, 0.3) is 5.89 Å². The van der Waals surface area contributed by atoms with Crippen LogP contribution in [-0.2, 0) is 6.42 Å². The van der Waals surface area contributed by atoms with Crippen LogP contribution in [0.5, 0.6) is 5.75 Å². The summed E-state index contributed by atoms with van der Waals surface area (Å²) in [6.45, 7) is 2.49. The molecule has 1 aliphatic rings. The van der Waals surface area contributed by atoms with E-state index in [1.54, 1.807) is 6.20 Å². The molecule has 1 aliphatic heterocycles. The molecule has 1 aromatic carbocycles. The first-order valence-corrected chi connectivity index (χ1v) is 10.2. The van der Waals surface area contributed by atoms with Gasteiger partial charge < -0.3 is 19.5 Å². The molecule has 1 fully saturated rings. The fourth-order valence-electron chi connectivity index (χ4n) is 3.44. The van der Waals surface area contributed by atoms with E-state index in [1.165, 1.54) is 0 Å². The Bertz CT molecular complexity index is 937. The van der Waals surface area contributed by atoms with Crippen molar-refractivity contribution in [3.8, 4) is 17.3 Å². The van der Waals surface area contributed by atoms with Gasteiger partial charge in [-0.2, -0.15) is 4.98 Å². The van der Waals surface area contributed by atoms with E-state index in [2.05, 4.69) is 30.3 Å². The summed E-state index contributed by atoms with van der Waals surface area (Å²) in [5, 5.41) is 7.44. The molecule has 0 aliphatic carbocycles. The van der Waals surface area contributed by atoms with Crippen LogP contribution in [0.25, 0.3) is 11.6 Å². The topological polar surface area (TPSA) is 88.7 Å². The number of aliphatic imine (C=N–C) groups is 1. The van der Waals surface area contributed by atoms with Crippen LogP contribution in [0.2, 0.25) is 0 Å². The predicted molar refractivity (Wildman–Crippen MR) is 114 cm³/mol. The van der Waals surface area contributed by atoms with Crippen LogP contribution in [0.15, 0.2) is 64.2 Å². The number of likely N-dealkylation sites (tertiary alicyclic amines) is 1. The van der Waals surface area contributed by atoms with E-state index in [0.717, 1.165) is 37.6 Å². The smallest absolute Gasteiger partial charge is 0.276 e. The lowest BCUT2D eigenvalue weighted by molar-refractivity contribution is 0.129. The van der Waals surface area contributed by atoms with Crippen molar-refractivity contribution in [3.63, 3.8) is 0 Å². The number of piperidine rings is 1. The van der Waals surface area contributed by atoms with Gasteiger partial charge in [-0.05, 0) is 24.3 Å². The number of ether oxygens (including phenoxy) is 1. The molecular weight excluding hydrogens is 380 g/mol. The minimum Gasteiger partial charge on any atom is -0.490 e. The fraction of sp³-hybridized carbons (Fsp3) is 0.364. The van der Waals surface area contributed by atoms with Crippen LogP contribution in [0.4, 0.5) is 0 Å². The monoisotopic (exact) mass is 406 g/mol. The van der Waals surface area contributed by atoms with Gasteiger partial charge in [0.2, 0.25) is 0 Å². The molecule has 3 aromatic rings. The van der Waals surface area contributed by atoms with Crippen molar-refractivity contribution in [3.05, 3.63) is 60.6 Å². The van der Waals surface area contributed by atoms with Crippen LogP contribution >= 0.6 is 0 Å².